The van der Waals surface area contributed by atoms with E-state index >= 15 is 0 Å². The number of phenols is 1. The number of nitrogens with zero attached hydrogens (tertiary/aromatic N) is 1. The molecular formula is C24H26F3NO2. The van der Waals surface area contributed by atoms with Gasteiger partial charge < -0.3 is 9.84 Å². The molecule has 2 aromatic carbocycles. The van der Waals surface area contributed by atoms with Crippen molar-refractivity contribution in [3.05, 3.63) is 58.7 Å². The fraction of sp³-hybridized carbons (Fsp3) is 0.375. The minimum Gasteiger partial charge on any atom is -0.507 e. The molecule has 2 aromatic rings. The van der Waals surface area contributed by atoms with Gasteiger partial charge in [0, 0.05) is 11.1 Å². The number of alkyl halides is 3. The molecule has 0 heterocycles. The molecule has 160 valence electrons. The number of halogens is 3. The first kappa shape index (κ1) is 23.3. The Labute approximate surface area is 175 Å². The standard InChI is InChI=1S/C24H26F3NO2/c1-22(2,3)19-12-15(13-20(21(19)29)23(4,5)6)11-17(14-28)16-7-9-18(10-8-16)30-24(25,26)27/h7-13,29H,1-6H3. The first-order chi connectivity index (χ1) is 13.6. The molecule has 0 saturated heterocycles. The van der Waals surface area contributed by atoms with Crippen LogP contribution in [0.5, 0.6) is 11.5 Å². The zero-order valence-electron chi connectivity index (χ0n) is 18.0. The van der Waals surface area contributed by atoms with Gasteiger partial charge in [-0.15, -0.1) is 13.2 Å². The summed E-state index contributed by atoms with van der Waals surface area (Å²) in [6.45, 7) is 12.0. The number of aromatic hydroxyl groups is 1. The number of benzene rings is 2. The lowest BCUT2D eigenvalue weighted by molar-refractivity contribution is -0.274. The van der Waals surface area contributed by atoms with E-state index in [0.717, 1.165) is 16.7 Å². The van der Waals surface area contributed by atoms with Crippen molar-refractivity contribution in [3.63, 3.8) is 0 Å². The highest BCUT2D eigenvalue weighted by atomic mass is 19.4. The smallest absolute Gasteiger partial charge is 0.507 e. The minimum absolute atomic E-state index is 0.235. The molecule has 1 N–H and O–H groups in total. The molecule has 0 fully saturated rings. The average Bonchev–Trinajstić information content (AvgIpc) is 2.58. The van der Waals surface area contributed by atoms with Crippen LogP contribution >= 0.6 is 0 Å². The first-order valence-corrected chi connectivity index (χ1v) is 9.48. The van der Waals surface area contributed by atoms with E-state index in [4.69, 9.17) is 0 Å². The van der Waals surface area contributed by atoms with E-state index in [0.29, 0.717) is 11.1 Å². The molecular weight excluding hydrogens is 391 g/mol. The van der Waals surface area contributed by atoms with Crippen molar-refractivity contribution < 1.29 is 23.0 Å². The van der Waals surface area contributed by atoms with Gasteiger partial charge in [-0.1, -0.05) is 41.5 Å². The van der Waals surface area contributed by atoms with Crippen LogP contribution < -0.4 is 4.74 Å². The van der Waals surface area contributed by atoms with Crippen LogP contribution in [0.1, 0.15) is 63.8 Å². The van der Waals surface area contributed by atoms with Gasteiger partial charge in [0.15, 0.2) is 0 Å². The van der Waals surface area contributed by atoms with Crippen molar-refractivity contribution in [3.8, 4) is 17.6 Å². The van der Waals surface area contributed by atoms with Crippen LogP contribution in [-0.4, -0.2) is 11.5 Å². The highest BCUT2D eigenvalue weighted by Gasteiger charge is 2.31. The van der Waals surface area contributed by atoms with E-state index in [2.05, 4.69) is 10.8 Å². The predicted molar refractivity (Wildman–Crippen MR) is 112 cm³/mol. The molecule has 0 radical (unpaired) electrons. The lowest BCUT2D eigenvalue weighted by atomic mass is 9.78. The monoisotopic (exact) mass is 417 g/mol. The van der Waals surface area contributed by atoms with Gasteiger partial charge in [0.05, 0.1) is 11.6 Å². The SMILES string of the molecule is CC(C)(C)c1cc(C=C(C#N)c2ccc(OC(F)(F)F)cc2)cc(C(C)(C)C)c1O. The highest BCUT2D eigenvalue weighted by molar-refractivity contribution is 5.90. The van der Waals surface area contributed by atoms with Gasteiger partial charge in [0.2, 0.25) is 0 Å². The van der Waals surface area contributed by atoms with E-state index in [1.165, 1.54) is 24.3 Å². The number of rotatable bonds is 3. The van der Waals surface area contributed by atoms with Crippen molar-refractivity contribution in [2.75, 3.05) is 0 Å². The average molecular weight is 417 g/mol. The van der Waals surface area contributed by atoms with Crippen LogP contribution in [0.2, 0.25) is 0 Å². The largest absolute Gasteiger partial charge is 0.573 e. The van der Waals surface area contributed by atoms with E-state index < -0.39 is 6.36 Å². The summed E-state index contributed by atoms with van der Waals surface area (Å²) in [6.07, 6.45) is -3.10. The Balaban J connectivity index is 2.55. The second-order valence-corrected chi connectivity index (χ2v) is 9.21. The maximum absolute atomic E-state index is 12.3. The van der Waals surface area contributed by atoms with Gasteiger partial charge in [0.25, 0.3) is 0 Å². The Bertz CT molecular complexity index is 949. The number of ether oxygens (including phenoxy) is 1. The Morgan fingerprint density at radius 2 is 1.40 bits per heavy atom. The van der Waals surface area contributed by atoms with Gasteiger partial charge in [-0.25, -0.2) is 0 Å². The fourth-order valence-corrected chi connectivity index (χ4v) is 3.07. The molecule has 0 spiro atoms. The Morgan fingerprint density at radius 1 is 0.933 bits per heavy atom. The minimum atomic E-state index is -4.77. The maximum atomic E-state index is 12.3. The second-order valence-electron chi connectivity index (χ2n) is 9.21. The second kappa shape index (κ2) is 8.06. The lowest BCUT2D eigenvalue weighted by Crippen LogP contribution is -2.17. The molecule has 0 aliphatic heterocycles. The zero-order valence-corrected chi connectivity index (χ0v) is 18.0. The van der Waals surface area contributed by atoms with Crippen LogP contribution in [0.4, 0.5) is 13.2 Å². The summed E-state index contributed by atoms with van der Waals surface area (Å²) >= 11 is 0. The highest BCUT2D eigenvalue weighted by Crippen LogP contribution is 2.40. The molecule has 0 unspecified atom stereocenters. The normalized spacial score (nSPS) is 13.1. The Morgan fingerprint density at radius 3 is 1.77 bits per heavy atom. The third-order valence-corrected chi connectivity index (χ3v) is 4.58. The summed E-state index contributed by atoms with van der Waals surface area (Å²) in [5.74, 6) is -0.113. The quantitative estimate of drug-likeness (QED) is 0.434. The predicted octanol–water partition coefficient (Wildman–Crippen LogP) is 6.95. The molecule has 3 nitrogen and oxygen atoms in total. The molecule has 2 rings (SSSR count). The lowest BCUT2D eigenvalue weighted by Gasteiger charge is -2.28. The van der Waals surface area contributed by atoms with Gasteiger partial charge in [0.1, 0.15) is 11.5 Å². The van der Waals surface area contributed by atoms with Crippen molar-refractivity contribution >= 4 is 11.6 Å². The summed E-state index contributed by atoms with van der Waals surface area (Å²) in [4.78, 5) is 0. The number of nitriles is 1. The molecule has 0 amide bonds. The molecule has 6 heteroatoms. The van der Waals surface area contributed by atoms with E-state index in [1.807, 2.05) is 53.7 Å². The van der Waals surface area contributed by atoms with Gasteiger partial charge in [-0.3, -0.25) is 0 Å². The summed E-state index contributed by atoms with van der Waals surface area (Å²) in [5.41, 5.74) is 2.36. The van der Waals surface area contributed by atoms with E-state index in [1.54, 1.807) is 6.08 Å². The van der Waals surface area contributed by atoms with Crippen molar-refractivity contribution in [1.29, 1.82) is 5.26 Å². The topological polar surface area (TPSA) is 53.2 Å². The molecule has 0 aromatic heterocycles. The number of phenolic OH excluding ortho intramolecular Hbond substituents is 1. The fourth-order valence-electron chi connectivity index (χ4n) is 3.07. The number of allylic oxidation sites excluding steroid dienone is 1. The van der Waals surface area contributed by atoms with Crippen LogP contribution in [-0.2, 0) is 10.8 Å². The van der Waals surface area contributed by atoms with Gasteiger partial charge in [-0.2, -0.15) is 5.26 Å². The van der Waals surface area contributed by atoms with E-state index in [9.17, 15) is 23.5 Å². The van der Waals surface area contributed by atoms with Crippen LogP contribution in [0, 0.1) is 11.3 Å². The van der Waals surface area contributed by atoms with Crippen molar-refractivity contribution in [1.82, 2.24) is 0 Å². The molecule has 0 saturated carbocycles. The van der Waals surface area contributed by atoms with Crippen LogP contribution in [0.25, 0.3) is 11.6 Å². The molecule has 0 bridgehead atoms. The third kappa shape index (κ3) is 5.79. The van der Waals surface area contributed by atoms with Crippen LogP contribution in [0.3, 0.4) is 0 Å². The van der Waals surface area contributed by atoms with Crippen molar-refractivity contribution in [2.45, 2.75) is 58.7 Å². The van der Waals surface area contributed by atoms with E-state index in [-0.39, 0.29) is 22.3 Å². The first-order valence-electron chi connectivity index (χ1n) is 9.48. The molecule has 0 aliphatic rings. The summed E-state index contributed by atoms with van der Waals surface area (Å²) < 4.78 is 40.9. The number of hydrogen-bond donors (Lipinski definition) is 1. The Kier molecular flexibility index (Phi) is 6.27. The molecule has 0 aliphatic carbocycles. The molecule has 0 atom stereocenters. The summed E-state index contributed by atoms with van der Waals surface area (Å²) in [6, 6.07) is 10.9. The summed E-state index contributed by atoms with van der Waals surface area (Å²) in [7, 11) is 0. The summed E-state index contributed by atoms with van der Waals surface area (Å²) in [5, 5.41) is 20.5. The van der Waals surface area contributed by atoms with Gasteiger partial charge in [-0.05, 0) is 64.4 Å². The zero-order chi connectivity index (χ0) is 22.9. The maximum Gasteiger partial charge on any atom is 0.573 e. The number of hydrogen-bond acceptors (Lipinski definition) is 3. The van der Waals surface area contributed by atoms with Crippen LogP contribution in [0.15, 0.2) is 36.4 Å². The molecule has 30 heavy (non-hydrogen) atoms. The Hall–Kier alpha value is -2.94. The van der Waals surface area contributed by atoms with Crippen molar-refractivity contribution in [2.24, 2.45) is 0 Å². The van der Waals surface area contributed by atoms with Gasteiger partial charge >= 0.3 is 6.36 Å². The third-order valence-electron chi connectivity index (χ3n) is 4.58.